The molecule has 17 heavy (non-hydrogen) atoms. The molecule has 0 unspecified atom stereocenters. The third-order valence-corrected chi connectivity index (χ3v) is 4.60. The molecule has 3 nitrogen and oxygen atoms in total. The minimum absolute atomic E-state index is 0.458. The number of aromatic nitrogens is 2. The first-order valence-corrected chi connectivity index (χ1v) is 7.19. The van der Waals surface area contributed by atoms with E-state index in [2.05, 4.69) is 9.36 Å². The molecule has 1 heterocycles. The Labute approximate surface area is 118 Å². The number of benzene rings is 1. The summed E-state index contributed by atoms with van der Waals surface area (Å²) in [5, 5.41) is 0.948. The molecule has 90 valence electrons. The van der Waals surface area contributed by atoms with E-state index in [0.29, 0.717) is 15.7 Å². The highest BCUT2D eigenvalue weighted by Gasteiger charge is 2.10. The predicted molar refractivity (Wildman–Crippen MR) is 74.3 cm³/mol. The van der Waals surface area contributed by atoms with E-state index in [0.717, 1.165) is 21.5 Å². The highest BCUT2D eigenvalue weighted by Crippen LogP contribution is 2.37. The van der Waals surface area contributed by atoms with Crippen LogP contribution in [0.1, 0.15) is 12.7 Å². The van der Waals surface area contributed by atoms with E-state index in [-0.39, 0.29) is 0 Å². The summed E-state index contributed by atoms with van der Waals surface area (Å²) in [5.74, 6) is 0.844. The van der Waals surface area contributed by atoms with E-state index >= 15 is 0 Å². The molecule has 2 aromatic rings. The fraction of sp³-hybridized carbons (Fsp3) is 0.200. The Kier molecular flexibility index (Phi) is 4.14. The molecule has 0 aliphatic carbocycles. The Morgan fingerprint density at radius 2 is 2.06 bits per heavy atom. The lowest BCUT2D eigenvalue weighted by Crippen LogP contribution is -1.89. The van der Waals surface area contributed by atoms with Crippen molar-refractivity contribution in [1.29, 1.82) is 0 Å². The molecule has 1 aromatic heterocycles. The topological polar surface area (TPSA) is 51.8 Å². The van der Waals surface area contributed by atoms with Gasteiger partial charge in [0.25, 0.3) is 0 Å². The van der Waals surface area contributed by atoms with Gasteiger partial charge in [-0.15, -0.1) is 0 Å². The van der Waals surface area contributed by atoms with E-state index in [9.17, 15) is 0 Å². The van der Waals surface area contributed by atoms with Crippen molar-refractivity contribution < 1.29 is 0 Å². The van der Waals surface area contributed by atoms with Crippen molar-refractivity contribution in [2.75, 3.05) is 5.73 Å². The smallest absolute Gasteiger partial charge is 0.174 e. The maximum atomic E-state index is 5.95. The van der Waals surface area contributed by atoms with Gasteiger partial charge < -0.3 is 5.73 Å². The van der Waals surface area contributed by atoms with Gasteiger partial charge in [0.05, 0.1) is 10.0 Å². The van der Waals surface area contributed by atoms with Crippen molar-refractivity contribution in [2.45, 2.75) is 22.6 Å². The van der Waals surface area contributed by atoms with Gasteiger partial charge in [-0.2, -0.15) is 4.37 Å². The zero-order valence-electron chi connectivity index (χ0n) is 8.91. The average molecular weight is 306 g/mol. The first-order valence-electron chi connectivity index (χ1n) is 4.85. The fourth-order valence-corrected chi connectivity index (χ4v) is 3.27. The Bertz CT molecular complexity index is 542. The molecule has 2 rings (SSSR count). The van der Waals surface area contributed by atoms with Gasteiger partial charge in [0.15, 0.2) is 4.34 Å². The largest absolute Gasteiger partial charge is 0.398 e. The number of aryl methyl sites for hydroxylation is 1. The van der Waals surface area contributed by atoms with Crippen LogP contribution in [0.15, 0.2) is 21.4 Å². The van der Waals surface area contributed by atoms with Crippen molar-refractivity contribution in [3.05, 3.63) is 28.0 Å². The lowest BCUT2D eigenvalue weighted by molar-refractivity contribution is 0.971. The van der Waals surface area contributed by atoms with E-state index in [4.69, 9.17) is 28.9 Å². The summed E-state index contributed by atoms with van der Waals surface area (Å²) >= 11 is 14.6. The molecule has 0 saturated heterocycles. The Balaban J connectivity index is 2.26. The lowest BCUT2D eigenvalue weighted by atomic mass is 10.3. The number of rotatable bonds is 3. The molecule has 7 heteroatoms. The van der Waals surface area contributed by atoms with E-state index in [1.165, 1.54) is 23.3 Å². The number of nitrogens with zero attached hydrogens (tertiary/aromatic N) is 2. The Morgan fingerprint density at radius 3 is 2.71 bits per heavy atom. The van der Waals surface area contributed by atoms with Crippen LogP contribution in [0.5, 0.6) is 0 Å². The highest BCUT2D eigenvalue weighted by molar-refractivity contribution is 8.01. The van der Waals surface area contributed by atoms with E-state index < -0.39 is 0 Å². The van der Waals surface area contributed by atoms with Crippen molar-refractivity contribution in [3.8, 4) is 0 Å². The van der Waals surface area contributed by atoms with Crippen LogP contribution in [0, 0.1) is 0 Å². The van der Waals surface area contributed by atoms with Crippen molar-refractivity contribution >= 4 is 52.2 Å². The summed E-state index contributed by atoms with van der Waals surface area (Å²) < 4.78 is 5.06. The van der Waals surface area contributed by atoms with Crippen LogP contribution in [0.25, 0.3) is 0 Å². The molecular formula is C10H9Cl2N3S2. The Hall–Kier alpha value is -0.490. The van der Waals surface area contributed by atoms with Gasteiger partial charge in [0, 0.05) is 17.0 Å². The summed E-state index contributed by atoms with van der Waals surface area (Å²) in [6, 6.07) is 3.39. The SMILES string of the molecule is CCc1nsc(Sc2cc(Cl)c(Cl)cc2N)n1. The molecule has 2 N–H and O–H groups in total. The summed E-state index contributed by atoms with van der Waals surface area (Å²) in [4.78, 5) is 5.20. The first-order chi connectivity index (χ1) is 8.10. The summed E-state index contributed by atoms with van der Waals surface area (Å²) in [6.45, 7) is 2.02. The molecule has 1 aromatic carbocycles. The number of hydrogen-bond acceptors (Lipinski definition) is 5. The van der Waals surface area contributed by atoms with Crippen LogP contribution in [0.2, 0.25) is 10.0 Å². The molecule has 0 fully saturated rings. The van der Waals surface area contributed by atoms with Crippen LogP contribution >= 0.6 is 46.5 Å². The van der Waals surface area contributed by atoms with Gasteiger partial charge in [-0.1, -0.05) is 41.9 Å². The standard InChI is InChI=1S/C10H9Cl2N3S2/c1-2-9-14-10(17-15-9)16-8-4-6(12)5(11)3-7(8)13/h3-4H,2,13H2,1H3. The second kappa shape index (κ2) is 5.44. The second-order valence-electron chi connectivity index (χ2n) is 3.24. The van der Waals surface area contributed by atoms with Gasteiger partial charge >= 0.3 is 0 Å². The molecule has 0 radical (unpaired) electrons. The van der Waals surface area contributed by atoms with Gasteiger partial charge in [0.2, 0.25) is 0 Å². The molecule has 0 bridgehead atoms. The fourth-order valence-electron chi connectivity index (χ4n) is 1.15. The lowest BCUT2D eigenvalue weighted by Gasteiger charge is -2.04. The normalized spacial score (nSPS) is 10.8. The summed E-state index contributed by atoms with van der Waals surface area (Å²) in [7, 11) is 0. The number of anilines is 1. The molecule has 0 saturated carbocycles. The van der Waals surface area contributed by atoms with E-state index in [1.54, 1.807) is 12.1 Å². The van der Waals surface area contributed by atoms with Crippen molar-refractivity contribution in [3.63, 3.8) is 0 Å². The van der Waals surface area contributed by atoms with Crippen LogP contribution in [-0.4, -0.2) is 9.36 Å². The zero-order valence-corrected chi connectivity index (χ0v) is 12.1. The highest BCUT2D eigenvalue weighted by atomic mass is 35.5. The molecule has 0 aliphatic rings. The van der Waals surface area contributed by atoms with E-state index in [1.807, 2.05) is 6.92 Å². The number of hydrogen-bond donors (Lipinski definition) is 1. The van der Waals surface area contributed by atoms with Crippen molar-refractivity contribution in [1.82, 2.24) is 9.36 Å². The van der Waals surface area contributed by atoms with Crippen LogP contribution in [-0.2, 0) is 6.42 Å². The van der Waals surface area contributed by atoms with Gasteiger partial charge in [-0.3, -0.25) is 0 Å². The first kappa shape index (κ1) is 13.0. The predicted octanol–water partition coefficient (Wildman–Crippen LogP) is 4.14. The van der Waals surface area contributed by atoms with Crippen LogP contribution in [0.4, 0.5) is 5.69 Å². The monoisotopic (exact) mass is 305 g/mol. The third-order valence-electron chi connectivity index (χ3n) is 2.02. The second-order valence-corrected chi connectivity index (χ2v) is 6.09. The number of nitrogen functional groups attached to an aromatic ring is 1. The quantitative estimate of drug-likeness (QED) is 0.866. The molecule has 0 atom stereocenters. The van der Waals surface area contributed by atoms with Crippen molar-refractivity contribution in [2.24, 2.45) is 0 Å². The van der Waals surface area contributed by atoms with Gasteiger partial charge in [0.1, 0.15) is 5.82 Å². The average Bonchev–Trinajstić information content (AvgIpc) is 2.73. The Morgan fingerprint density at radius 1 is 1.35 bits per heavy atom. The number of halogens is 2. The minimum Gasteiger partial charge on any atom is -0.398 e. The molecule has 0 spiro atoms. The maximum Gasteiger partial charge on any atom is 0.174 e. The van der Waals surface area contributed by atoms with Gasteiger partial charge in [-0.05, 0) is 23.7 Å². The molecular weight excluding hydrogens is 297 g/mol. The third kappa shape index (κ3) is 3.04. The van der Waals surface area contributed by atoms with Crippen LogP contribution in [0.3, 0.4) is 0 Å². The maximum absolute atomic E-state index is 5.95. The van der Waals surface area contributed by atoms with Crippen LogP contribution < -0.4 is 5.73 Å². The minimum atomic E-state index is 0.458. The summed E-state index contributed by atoms with van der Waals surface area (Å²) in [5.41, 5.74) is 6.46. The summed E-state index contributed by atoms with van der Waals surface area (Å²) in [6.07, 6.45) is 0.827. The molecule has 0 amide bonds. The van der Waals surface area contributed by atoms with Gasteiger partial charge in [-0.25, -0.2) is 4.98 Å². The number of nitrogens with two attached hydrogens (primary N) is 1. The zero-order chi connectivity index (χ0) is 12.4. The molecule has 0 aliphatic heterocycles.